The molecule has 24 heavy (non-hydrogen) atoms. The molecule has 0 spiro atoms. The lowest BCUT2D eigenvalue weighted by atomic mass is 9.86. The average molecular weight is 368 g/mol. The number of hydrogen-bond acceptors (Lipinski definition) is 6. The Morgan fingerprint density at radius 3 is 2.62 bits per heavy atom. The van der Waals surface area contributed by atoms with Gasteiger partial charge in [0, 0.05) is 28.3 Å². The highest BCUT2D eigenvalue weighted by Crippen LogP contribution is 2.50. The maximum atomic E-state index is 13.2. The lowest BCUT2D eigenvalue weighted by molar-refractivity contribution is -0.385. The van der Waals surface area contributed by atoms with Gasteiger partial charge in [0.15, 0.2) is 9.84 Å². The zero-order chi connectivity index (χ0) is 17.9. The van der Waals surface area contributed by atoms with Crippen molar-refractivity contribution in [2.45, 2.75) is 54.5 Å². The minimum Gasteiger partial charge on any atom is -0.280 e. The molecule has 0 radical (unpaired) electrons. The summed E-state index contributed by atoms with van der Waals surface area (Å²) in [7, 11) is -3.48. The van der Waals surface area contributed by atoms with Gasteiger partial charge < -0.3 is 0 Å². The lowest BCUT2D eigenvalue weighted by Gasteiger charge is -2.44. The highest BCUT2D eigenvalue weighted by Gasteiger charge is 2.56. The summed E-state index contributed by atoms with van der Waals surface area (Å²) in [4.78, 5) is 16.4. The predicted octanol–water partition coefficient (Wildman–Crippen LogP) is 3.34. The topological polar surface area (TPSA) is 89.6 Å². The number of fused-ring (bicyclic) bond motifs is 3. The molecule has 0 fully saturated rings. The van der Waals surface area contributed by atoms with Crippen LogP contribution in [0, 0.1) is 10.1 Å². The van der Waals surface area contributed by atoms with E-state index in [4.69, 9.17) is 4.99 Å². The van der Waals surface area contributed by atoms with Crippen LogP contribution in [-0.4, -0.2) is 34.8 Å². The molecule has 0 saturated heterocycles. The average Bonchev–Trinajstić information content (AvgIpc) is 2.63. The number of non-ortho nitro benzene ring substituents is 1. The Morgan fingerprint density at radius 2 is 2.00 bits per heavy atom. The summed E-state index contributed by atoms with van der Waals surface area (Å²) in [6.07, 6.45) is 0.478. The molecule has 8 heteroatoms. The van der Waals surface area contributed by atoms with Gasteiger partial charge in [0.1, 0.15) is 10.3 Å². The highest BCUT2D eigenvalue weighted by atomic mass is 32.2. The van der Waals surface area contributed by atoms with E-state index < -0.39 is 30.3 Å². The molecule has 0 unspecified atom stereocenters. The Bertz CT molecular complexity index is 861. The van der Waals surface area contributed by atoms with E-state index in [-0.39, 0.29) is 5.69 Å². The number of nitro benzene ring substituents is 1. The lowest BCUT2D eigenvalue weighted by Crippen LogP contribution is -2.56. The van der Waals surface area contributed by atoms with E-state index in [0.29, 0.717) is 23.4 Å². The molecular weight excluding hydrogens is 348 g/mol. The molecule has 3 rings (SSSR count). The molecule has 1 aromatic rings. The fourth-order valence-corrected chi connectivity index (χ4v) is 7.21. The van der Waals surface area contributed by atoms with Crippen molar-refractivity contribution in [1.29, 1.82) is 0 Å². The molecule has 0 aliphatic carbocycles. The van der Waals surface area contributed by atoms with Crippen molar-refractivity contribution >= 4 is 33.0 Å². The van der Waals surface area contributed by atoms with Crippen LogP contribution >= 0.6 is 11.8 Å². The third-order valence-corrected chi connectivity index (χ3v) is 9.61. The second-order valence-electron chi connectivity index (χ2n) is 6.96. The van der Waals surface area contributed by atoms with Crippen molar-refractivity contribution in [3.05, 3.63) is 33.9 Å². The van der Waals surface area contributed by atoms with E-state index in [2.05, 4.69) is 0 Å². The van der Waals surface area contributed by atoms with Gasteiger partial charge in [0.05, 0.1) is 10.2 Å². The first-order chi connectivity index (χ1) is 11.0. The normalized spacial score (nSPS) is 30.5. The number of rotatable bonds is 1. The number of hydrogen-bond donors (Lipinski definition) is 0. The number of nitro groups is 1. The molecule has 0 amide bonds. The van der Waals surface area contributed by atoms with Gasteiger partial charge in [0.2, 0.25) is 0 Å². The molecule has 1 aromatic carbocycles. The van der Waals surface area contributed by atoms with Crippen LogP contribution in [0.25, 0.3) is 0 Å². The van der Waals surface area contributed by atoms with Crippen molar-refractivity contribution in [1.82, 2.24) is 0 Å². The van der Waals surface area contributed by atoms with Crippen LogP contribution < -0.4 is 0 Å². The van der Waals surface area contributed by atoms with Crippen LogP contribution in [0.5, 0.6) is 0 Å². The second-order valence-corrected chi connectivity index (χ2v) is 10.8. The minimum absolute atomic E-state index is 0.0358. The maximum absolute atomic E-state index is 13.2. The molecule has 2 aliphatic heterocycles. The molecule has 6 nitrogen and oxygen atoms in total. The molecule has 0 saturated carbocycles. The Hall–Kier alpha value is -1.41. The van der Waals surface area contributed by atoms with Gasteiger partial charge in [-0.2, -0.15) is 0 Å². The number of sulfone groups is 1. The molecular formula is C16H20N2O4S2. The van der Waals surface area contributed by atoms with Gasteiger partial charge >= 0.3 is 0 Å². The van der Waals surface area contributed by atoms with Crippen molar-refractivity contribution in [2.24, 2.45) is 4.99 Å². The zero-order valence-electron chi connectivity index (χ0n) is 14.1. The van der Waals surface area contributed by atoms with E-state index in [9.17, 15) is 18.5 Å². The number of nitrogens with zero attached hydrogens (tertiary/aromatic N) is 2. The van der Waals surface area contributed by atoms with Crippen LogP contribution in [0.3, 0.4) is 0 Å². The van der Waals surface area contributed by atoms with Gasteiger partial charge in [-0.05, 0) is 45.9 Å². The van der Waals surface area contributed by atoms with E-state index in [1.807, 2.05) is 0 Å². The largest absolute Gasteiger partial charge is 0.280 e. The SMILES string of the molecule is CC1=N[C@]2(C)c3cc([N+](=O)[O-])ccc3SCC[C@@H]2S(=O)(=O)C1(C)C. The van der Waals surface area contributed by atoms with Gasteiger partial charge in [-0.25, -0.2) is 8.42 Å². The highest BCUT2D eigenvalue weighted by molar-refractivity contribution is 7.99. The first kappa shape index (κ1) is 17.4. The van der Waals surface area contributed by atoms with Gasteiger partial charge in [-0.15, -0.1) is 11.8 Å². The Morgan fingerprint density at radius 1 is 1.33 bits per heavy atom. The Labute approximate surface area is 145 Å². The molecule has 2 aliphatic rings. The molecule has 2 atom stereocenters. The Balaban J connectivity index is 2.34. The van der Waals surface area contributed by atoms with Gasteiger partial charge in [-0.1, -0.05) is 0 Å². The molecule has 0 bridgehead atoms. The second kappa shape index (κ2) is 5.29. The van der Waals surface area contributed by atoms with Crippen LogP contribution in [-0.2, 0) is 15.4 Å². The predicted molar refractivity (Wildman–Crippen MR) is 95.7 cm³/mol. The smallest absolute Gasteiger partial charge is 0.269 e. The number of benzene rings is 1. The van der Waals surface area contributed by atoms with E-state index in [0.717, 1.165) is 4.90 Å². The fraction of sp³-hybridized carbons (Fsp3) is 0.562. The summed E-state index contributed by atoms with van der Waals surface area (Å²) in [5.41, 5.74) is 0.156. The summed E-state index contributed by atoms with van der Waals surface area (Å²) < 4.78 is 25.5. The third kappa shape index (κ3) is 2.23. The summed E-state index contributed by atoms with van der Waals surface area (Å²) in [6.45, 7) is 6.90. The van der Waals surface area contributed by atoms with Crippen LogP contribution in [0.4, 0.5) is 5.69 Å². The quantitative estimate of drug-likeness (QED) is 0.560. The van der Waals surface area contributed by atoms with Crippen molar-refractivity contribution in [2.75, 3.05) is 5.75 Å². The molecule has 2 heterocycles. The summed E-state index contributed by atoms with van der Waals surface area (Å²) in [6, 6.07) is 4.67. The van der Waals surface area contributed by atoms with E-state index in [1.165, 1.54) is 12.1 Å². The van der Waals surface area contributed by atoms with Crippen molar-refractivity contribution < 1.29 is 13.3 Å². The van der Waals surface area contributed by atoms with Gasteiger partial charge in [0.25, 0.3) is 5.69 Å². The first-order valence-electron chi connectivity index (χ1n) is 7.74. The monoisotopic (exact) mass is 368 g/mol. The van der Waals surface area contributed by atoms with E-state index in [1.54, 1.807) is 45.5 Å². The van der Waals surface area contributed by atoms with Crippen molar-refractivity contribution in [3.8, 4) is 0 Å². The van der Waals surface area contributed by atoms with E-state index >= 15 is 0 Å². The first-order valence-corrected chi connectivity index (χ1v) is 10.3. The van der Waals surface area contributed by atoms with Crippen molar-refractivity contribution in [3.63, 3.8) is 0 Å². The van der Waals surface area contributed by atoms with Gasteiger partial charge in [-0.3, -0.25) is 15.1 Å². The minimum atomic E-state index is -3.48. The number of thioether (sulfide) groups is 1. The fourth-order valence-electron chi connectivity index (χ4n) is 3.52. The molecule has 0 N–H and O–H groups in total. The van der Waals surface area contributed by atoms with Crippen LogP contribution in [0.2, 0.25) is 0 Å². The third-order valence-electron chi connectivity index (χ3n) is 5.34. The zero-order valence-corrected chi connectivity index (χ0v) is 15.7. The number of aliphatic imine (C=N–C) groups is 1. The summed E-state index contributed by atoms with van der Waals surface area (Å²) in [5, 5.41) is 10.5. The molecule has 0 aromatic heterocycles. The molecule has 130 valence electrons. The summed E-state index contributed by atoms with van der Waals surface area (Å²) >= 11 is 1.54. The van der Waals surface area contributed by atoms with Crippen LogP contribution in [0.15, 0.2) is 28.1 Å². The Kier molecular flexibility index (Phi) is 3.84. The van der Waals surface area contributed by atoms with Crippen LogP contribution in [0.1, 0.15) is 39.7 Å². The summed E-state index contributed by atoms with van der Waals surface area (Å²) in [5.74, 6) is 0.648. The standard InChI is InChI=1S/C16H20N2O4S2/c1-10-15(2,3)24(21,22)14-7-8-23-13-6-5-11(18(19)20)9-12(13)16(14,4)17-10/h5-6,9,14H,7-8H2,1-4H3/t14-,16+/m0/s1. The maximum Gasteiger partial charge on any atom is 0.269 e.